The van der Waals surface area contributed by atoms with E-state index in [2.05, 4.69) is 39.4 Å². The fourth-order valence-electron chi connectivity index (χ4n) is 5.54. The summed E-state index contributed by atoms with van der Waals surface area (Å²) in [4.78, 5) is 42.3. The molecule has 1 saturated heterocycles. The first kappa shape index (κ1) is 29.1. The van der Waals surface area contributed by atoms with E-state index in [1.54, 1.807) is 4.90 Å². The maximum Gasteiger partial charge on any atom is 0.247 e. The van der Waals surface area contributed by atoms with Crippen LogP contribution in [0.1, 0.15) is 72.1 Å². The Morgan fingerprint density at radius 3 is 2.49 bits per heavy atom. The molecular weight excluding hydrogens is 512 g/mol. The van der Waals surface area contributed by atoms with E-state index in [4.69, 9.17) is 0 Å². The smallest absolute Gasteiger partial charge is 0.247 e. The number of nitrogens with zero attached hydrogens (tertiary/aromatic N) is 3. The van der Waals surface area contributed by atoms with Crippen LogP contribution in [0.4, 0.5) is 5.00 Å². The minimum absolute atomic E-state index is 0.0813. The number of hydrogen-bond acceptors (Lipinski definition) is 7. The molecule has 4 rings (SSSR count). The second-order valence-electron chi connectivity index (χ2n) is 11.2. The van der Waals surface area contributed by atoms with Crippen molar-refractivity contribution in [2.24, 2.45) is 11.8 Å². The fourth-order valence-corrected chi connectivity index (χ4v) is 6.14. The third-order valence-electron chi connectivity index (χ3n) is 7.86. The standard InChI is InChI=1S/C29H42N6O3S/c1-19(2)16-17-30-20(3)26(36)31-25(22-13-8-5-9-14-22)29(38)35-18-10-15-23(35)27(37)32-28-24(33-34-39-28)21-11-6-4-7-12-21/h4,6-7,11-12,19-20,22-23,25,30H,5,8-10,13-18H2,1-3H3,(H,31,36)(H,32,37)/t20-,23-,25-/m0/s1. The summed E-state index contributed by atoms with van der Waals surface area (Å²) < 4.78 is 4.04. The SMILES string of the molecule is CC(C)CCN[C@@H](C)C(=O)N[C@H](C(=O)N1CCC[C@H]1C(=O)Nc1snnc1-c1ccccc1)C1CCCCC1. The number of aromatic nitrogens is 2. The van der Waals surface area contributed by atoms with Crippen molar-refractivity contribution >= 4 is 34.3 Å². The Kier molecular flexibility index (Phi) is 10.4. The Morgan fingerprint density at radius 1 is 1.03 bits per heavy atom. The van der Waals surface area contributed by atoms with Gasteiger partial charge in [-0.1, -0.05) is 67.9 Å². The van der Waals surface area contributed by atoms with Crippen LogP contribution < -0.4 is 16.0 Å². The van der Waals surface area contributed by atoms with Gasteiger partial charge in [-0.3, -0.25) is 14.4 Å². The molecule has 3 atom stereocenters. The number of hydrogen-bond donors (Lipinski definition) is 3. The van der Waals surface area contributed by atoms with E-state index in [0.29, 0.717) is 29.6 Å². The molecule has 3 N–H and O–H groups in total. The molecule has 0 bridgehead atoms. The highest BCUT2D eigenvalue weighted by molar-refractivity contribution is 7.10. The van der Waals surface area contributed by atoms with Gasteiger partial charge in [0.2, 0.25) is 17.7 Å². The first-order chi connectivity index (χ1) is 18.8. The van der Waals surface area contributed by atoms with Crippen LogP contribution in [0.5, 0.6) is 0 Å². The molecule has 1 aliphatic heterocycles. The number of benzene rings is 1. The van der Waals surface area contributed by atoms with Crippen LogP contribution in [0.3, 0.4) is 0 Å². The summed E-state index contributed by atoms with van der Waals surface area (Å²) >= 11 is 1.13. The Balaban J connectivity index is 1.45. The Hall–Kier alpha value is -2.85. The Labute approximate surface area is 235 Å². The maximum atomic E-state index is 14.0. The second-order valence-corrected chi connectivity index (χ2v) is 12.0. The lowest BCUT2D eigenvalue weighted by molar-refractivity contribution is -0.142. The zero-order valence-corrected chi connectivity index (χ0v) is 24.1. The zero-order valence-electron chi connectivity index (χ0n) is 23.3. The summed E-state index contributed by atoms with van der Waals surface area (Å²) in [6.45, 7) is 7.41. The molecule has 1 aromatic carbocycles. The average molecular weight is 555 g/mol. The molecule has 2 aliphatic rings. The highest BCUT2D eigenvalue weighted by Gasteiger charge is 2.41. The van der Waals surface area contributed by atoms with Gasteiger partial charge in [-0.2, -0.15) is 0 Å². The molecule has 2 fully saturated rings. The van der Waals surface area contributed by atoms with Crippen LogP contribution in [0.2, 0.25) is 0 Å². The van der Waals surface area contributed by atoms with Gasteiger partial charge in [0.1, 0.15) is 22.8 Å². The highest BCUT2D eigenvalue weighted by Crippen LogP contribution is 2.32. The zero-order chi connectivity index (χ0) is 27.8. The molecule has 1 saturated carbocycles. The largest absolute Gasteiger partial charge is 0.343 e. The van der Waals surface area contributed by atoms with Gasteiger partial charge < -0.3 is 20.9 Å². The van der Waals surface area contributed by atoms with Gasteiger partial charge in [0, 0.05) is 23.6 Å². The third-order valence-corrected chi connectivity index (χ3v) is 8.50. The van der Waals surface area contributed by atoms with E-state index in [-0.39, 0.29) is 23.6 Å². The van der Waals surface area contributed by atoms with Gasteiger partial charge in [-0.15, -0.1) is 5.10 Å². The van der Waals surface area contributed by atoms with Crippen molar-refractivity contribution in [3.63, 3.8) is 0 Å². The predicted octanol–water partition coefficient (Wildman–Crippen LogP) is 4.22. The van der Waals surface area contributed by atoms with Crippen LogP contribution in [0.15, 0.2) is 30.3 Å². The molecule has 10 heteroatoms. The van der Waals surface area contributed by atoms with Crippen molar-refractivity contribution in [1.82, 2.24) is 25.1 Å². The summed E-state index contributed by atoms with van der Waals surface area (Å²) in [6.07, 6.45) is 7.38. The lowest BCUT2D eigenvalue weighted by Gasteiger charge is -2.35. The number of anilines is 1. The van der Waals surface area contributed by atoms with Gasteiger partial charge in [0.15, 0.2) is 0 Å². The van der Waals surface area contributed by atoms with Gasteiger partial charge >= 0.3 is 0 Å². The van der Waals surface area contributed by atoms with Gasteiger partial charge in [0.25, 0.3) is 0 Å². The first-order valence-corrected chi connectivity index (χ1v) is 15.2. The first-order valence-electron chi connectivity index (χ1n) is 14.4. The van der Waals surface area contributed by atoms with Crippen molar-refractivity contribution in [3.8, 4) is 11.3 Å². The molecular formula is C29H42N6O3S. The normalized spacial score (nSPS) is 19.6. The lowest BCUT2D eigenvalue weighted by atomic mass is 9.83. The molecule has 1 aliphatic carbocycles. The molecule has 212 valence electrons. The highest BCUT2D eigenvalue weighted by atomic mass is 32.1. The number of nitrogens with one attached hydrogen (secondary N) is 3. The van der Waals surface area contributed by atoms with E-state index in [1.165, 1.54) is 0 Å². The summed E-state index contributed by atoms with van der Waals surface area (Å²) in [6, 6.07) is 8.00. The molecule has 2 aromatic rings. The van der Waals surface area contributed by atoms with E-state index < -0.39 is 18.1 Å². The van der Waals surface area contributed by atoms with E-state index in [9.17, 15) is 14.4 Å². The molecule has 2 heterocycles. The van der Waals surface area contributed by atoms with E-state index in [0.717, 1.165) is 68.6 Å². The topological polar surface area (TPSA) is 116 Å². The number of rotatable bonds is 11. The van der Waals surface area contributed by atoms with Crippen LogP contribution in [-0.4, -0.2) is 63.4 Å². The lowest BCUT2D eigenvalue weighted by Crippen LogP contribution is -2.57. The van der Waals surface area contributed by atoms with Crippen molar-refractivity contribution in [2.75, 3.05) is 18.4 Å². The van der Waals surface area contributed by atoms with Crippen molar-refractivity contribution in [3.05, 3.63) is 30.3 Å². The molecule has 39 heavy (non-hydrogen) atoms. The third kappa shape index (κ3) is 7.63. The van der Waals surface area contributed by atoms with E-state index in [1.807, 2.05) is 37.3 Å². The van der Waals surface area contributed by atoms with Crippen molar-refractivity contribution < 1.29 is 14.4 Å². The molecule has 0 unspecified atom stereocenters. The minimum atomic E-state index is -0.620. The van der Waals surface area contributed by atoms with Crippen molar-refractivity contribution in [2.45, 2.75) is 90.3 Å². The number of likely N-dealkylation sites (tertiary alicyclic amines) is 1. The summed E-state index contributed by atoms with van der Waals surface area (Å²) in [5.74, 6) is 0.0884. The minimum Gasteiger partial charge on any atom is -0.343 e. The van der Waals surface area contributed by atoms with Crippen LogP contribution in [0, 0.1) is 11.8 Å². The molecule has 0 radical (unpaired) electrons. The average Bonchev–Trinajstić information content (AvgIpc) is 3.62. The summed E-state index contributed by atoms with van der Waals surface area (Å²) in [5, 5.41) is 14.2. The predicted molar refractivity (Wildman–Crippen MR) is 154 cm³/mol. The summed E-state index contributed by atoms with van der Waals surface area (Å²) in [7, 11) is 0. The van der Waals surface area contributed by atoms with Gasteiger partial charge in [-0.25, -0.2) is 0 Å². The van der Waals surface area contributed by atoms with E-state index >= 15 is 0 Å². The van der Waals surface area contributed by atoms with Crippen LogP contribution in [-0.2, 0) is 14.4 Å². The molecule has 0 spiro atoms. The Bertz CT molecular complexity index is 1100. The molecule has 1 aromatic heterocycles. The summed E-state index contributed by atoms with van der Waals surface area (Å²) in [5.41, 5.74) is 1.49. The number of amides is 3. The second kappa shape index (κ2) is 14.0. The quantitative estimate of drug-likeness (QED) is 0.383. The maximum absolute atomic E-state index is 14.0. The fraction of sp³-hybridized carbons (Fsp3) is 0.621. The monoisotopic (exact) mass is 554 g/mol. The number of carbonyl (C=O) groups is 3. The van der Waals surface area contributed by atoms with Crippen LogP contribution in [0.25, 0.3) is 11.3 Å². The molecule has 3 amide bonds. The Morgan fingerprint density at radius 2 is 1.77 bits per heavy atom. The van der Waals surface area contributed by atoms with Gasteiger partial charge in [-0.05, 0) is 57.4 Å². The molecule has 9 nitrogen and oxygen atoms in total. The number of carbonyl (C=O) groups excluding carboxylic acids is 3. The van der Waals surface area contributed by atoms with Crippen LogP contribution >= 0.6 is 11.5 Å². The van der Waals surface area contributed by atoms with Crippen molar-refractivity contribution in [1.29, 1.82) is 0 Å². The van der Waals surface area contributed by atoms with Gasteiger partial charge in [0.05, 0.1) is 6.04 Å².